The predicted octanol–water partition coefficient (Wildman–Crippen LogP) is 1.90. The Labute approximate surface area is 167 Å². The molecular formula is C21H31N7. The molecule has 7 nitrogen and oxygen atoms in total. The molecule has 2 aromatic rings. The molecule has 1 aromatic carbocycles. The van der Waals surface area contributed by atoms with Gasteiger partial charge in [0.25, 0.3) is 0 Å². The third kappa shape index (κ3) is 4.52. The number of piperazine rings is 1. The molecule has 1 aromatic heterocycles. The van der Waals surface area contributed by atoms with E-state index in [4.69, 9.17) is 4.99 Å². The topological polar surface area (TPSA) is 61.6 Å². The van der Waals surface area contributed by atoms with E-state index in [1.807, 2.05) is 0 Å². The van der Waals surface area contributed by atoms with E-state index < -0.39 is 0 Å². The zero-order valence-electron chi connectivity index (χ0n) is 16.8. The maximum Gasteiger partial charge on any atom is 0.194 e. The highest BCUT2D eigenvalue weighted by molar-refractivity contribution is 5.80. The van der Waals surface area contributed by atoms with Crippen LogP contribution in [0.4, 0.5) is 0 Å². The van der Waals surface area contributed by atoms with Crippen molar-refractivity contribution in [2.75, 3.05) is 32.7 Å². The Morgan fingerprint density at radius 2 is 1.86 bits per heavy atom. The maximum absolute atomic E-state index is 4.89. The Hall–Kier alpha value is -2.41. The first-order valence-corrected chi connectivity index (χ1v) is 10.5. The number of nitrogens with zero attached hydrogens (tertiary/aromatic N) is 6. The summed E-state index contributed by atoms with van der Waals surface area (Å²) in [6.45, 7) is 9.75. The Kier molecular flexibility index (Phi) is 6.21. The molecule has 0 bridgehead atoms. The third-order valence-electron chi connectivity index (χ3n) is 5.56. The number of aryl methyl sites for hydroxylation is 1. The number of guanidine groups is 1. The molecule has 0 aliphatic carbocycles. The minimum Gasteiger partial charge on any atom is -0.357 e. The molecule has 4 rings (SSSR count). The fourth-order valence-electron chi connectivity index (χ4n) is 4.02. The van der Waals surface area contributed by atoms with Crippen molar-refractivity contribution in [3.63, 3.8) is 0 Å². The van der Waals surface area contributed by atoms with Gasteiger partial charge in [-0.05, 0) is 25.3 Å². The zero-order chi connectivity index (χ0) is 19.2. The van der Waals surface area contributed by atoms with E-state index >= 15 is 0 Å². The molecule has 7 heteroatoms. The summed E-state index contributed by atoms with van der Waals surface area (Å²) in [5, 5.41) is 12.2. The molecule has 2 aliphatic heterocycles. The molecule has 150 valence electrons. The van der Waals surface area contributed by atoms with Crippen molar-refractivity contribution in [3.8, 4) is 0 Å². The second kappa shape index (κ2) is 9.19. The predicted molar refractivity (Wildman–Crippen MR) is 111 cm³/mol. The van der Waals surface area contributed by atoms with Crippen LogP contribution in [0, 0.1) is 0 Å². The summed E-state index contributed by atoms with van der Waals surface area (Å²) >= 11 is 0. The average Bonchev–Trinajstić information content (AvgIpc) is 3.16. The van der Waals surface area contributed by atoms with Gasteiger partial charge in [0.1, 0.15) is 12.4 Å². The van der Waals surface area contributed by atoms with Gasteiger partial charge in [-0.2, -0.15) is 0 Å². The van der Waals surface area contributed by atoms with Gasteiger partial charge in [0.2, 0.25) is 0 Å². The van der Waals surface area contributed by atoms with Crippen molar-refractivity contribution < 1.29 is 0 Å². The van der Waals surface area contributed by atoms with Gasteiger partial charge in [0.05, 0.1) is 0 Å². The standard InChI is InChI=1S/C21H31N7/c1-2-22-21(23-16-20-25-24-19-10-6-7-11-28(19)20)27-14-12-26(13-15-27)17-18-8-4-3-5-9-18/h3-5,8-9H,2,6-7,10-17H2,1H3,(H,22,23). The van der Waals surface area contributed by atoms with Crippen molar-refractivity contribution in [1.29, 1.82) is 0 Å². The summed E-state index contributed by atoms with van der Waals surface area (Å²) in [5.74, 6) is 3.11. The van der Waals surface area contributed by atoms with E-state index in [1.54, 1.807) is 0 Å². The van der Waals surface area contributed by atoms with Gasteiger partial charge in [-0.3, -0.25) is 4.90 Å². The highest BCUT2D eigenvalue weighted by Crippen LogP contribution is 2.15. The van der Waals surface area contributed by atoms with Crippen LogP contribution >= 0.6 is 0 Å². The first-order chi connectivity index (χ1) is 13.8. The van der Waals surface area contributed by atoms with Gasteiger partial charge in [0, 0.05) is 52.2 Å². The van der Waals surface area contributed by atoms with E-state index in [-0.39, 0.29) is 0 Å². The van der Waals surface area contributed by atoms with E-state index in [1.165, 1.54) is 18.4 Å². The molecule has 1 saturated heterocycles. The second-order valence-electron chi connectivity index (χ2n) is 7.56. The van der Waals surface area contributed by atoms with Crippen LogP contribution in [0.15, 0.2) is 35.3 Å². The van der Waals surface area contributed by atoms with Gasteiger partial charge < -0.3 is 14.8 Å². The van der Waals surface area contributed by atoms with Crippen molar-refractivity contribution >= 4 is 5.96 Å². The summed E-state index contributed by atoms with van der Waals surface area (Å²) < 4.78 is 2.26. The molecule has 1 fully saturated rings. The molecule has 0 amide bonds. The average molecular weight is 382 g/mol. The molecule has 0 saturated carbocycles. The van der Waals surface area contributed by atoms with E-state index in [9.17, 15) is 0 Å². The molecule has 28 heavy (non-hydrogen) atoms. The van der Waals surface area contributed by atoms with Gasteiger partial charge in [-0.25, -0.2) is 4.99 Å². The van der Waals surface area contributed by atoms with Crippen molar-refractivity contribution in [3.05, 3.63) is 47.5 Å². The molecular weight excluding hydrogens is 350 g/mol. The fourth-order valence-corrected chi connectivity index (χ4v) is 4.02. The number of hydrogen-bond acceptors (Lipinski definition) is 4. The zero-order valence-corrected chi connectivity index (χ0v) is 16.8. The van der Waals surface area contributed by atoms with E-state index in [0.29, 0.717) is 6.54 Å². The first kappa shape index (κ1) is 18.9. The van der Waals surface area contributed by atoms with Crippen LogP contribution in [0.5, 0.6) is 0 Å². The molecule has 0 spiro atoms. The van der Waals surface area contributed by atoms with Gasteiger partial charge in [-0.1, -0.05) is 30.3 Å². The molecule has 0 atom stereocenters. The van der Waals surface area contributed by atoms with Gasteiger partial charge >= 0.3 is 0 Å². The normalized spacial score (nSPS) is 18.2. The SMILES string of the molecule is CCNC(=NCc1nnc2n1CCCC2)N1CCN(Cc2ccccc2)CC1. The number of aromatic nitrogens is 3. The number of nitrogens with one attached hydrogen (secondary N) is 1. The van der Waals surface area contributed by atoms with Gasteiger partial charge in [0.15, 0.2) is 11.8 Å². The molecule has 1 N–H and O–H groups in total. The highest BCUT2D eigenvalue weighted by atomic mass is 15.4. The minimum absolute atomic E-state index is 0.597. The second-order valence-corrected chi connectivity index (χ2v) is 7.56. The Morgan fingerprint density at radius 1 is 1.04 bits per heavy atom. The minimum atomic E-state index is 0.597. The van der Waals surface area contributed by atoms with E-state index in [2.05, 4.69) is 67.1 Å². The van der Waals surface area contributed by atoms with Crippen molar-refractivity contribution in [2.45, 2.75) is 45.8 Å². The van der Waals surface area contributed by atoms with Crippen molar-refractivity contribution in [1.82, 2.24) is 29.9 Å². The Morgan fingerprint density at radius 3 is 2.64 bits per heavy atom. The summed E-state index contributed by atoms with van der Waals surface area (Å²) in [6, 6.07) is 10.7. The maximum atomic E-state index is 4.89. The van der Waals surface area contributed by atoms with Crippen LogP contribution in [0.1, 0.15) is 37.0 Å². The molecule has 0 radical (unpaired) electrons. The van der Waals surface area contributed by atoms with Crippen molar-refractivity contribution in [2.24, 2.45) is 4.99 Å². The van der Waals surface area contributed by atoms with Crippen LogP contribution in [-0.2, 0) is 26.1 Å². The van der Waals surface area contributed by atoms with Crippen LogP contribution in [0.2, 0.25) is 0 Å². The quantitative estimate of drug-likeness (QED) is 0.633. The summed E-state index contributed by atoms with van der Waals surface area (Å²) in [7, 11) is 0. The number of hydrogen-bond donors (Lipinski definition) is 1. The van der Waals surface area contributed by atoms with Crippen LogP contribution in [0.25, 0.3) is 0 Å². The van der Waals surface area contributed by atoms with E-state index in [0.717, 1.165) is 69.8 Å². The highest BCUT2D eigenvalue weighted by Gasteiger charge is 2.20. The van der Waals surface area contributed by atoms with Crippen LogP contribution < -0.4 is 5.32 Å². The summed E-state index contributed by atoms with van der Waals surface area (Å²) in [6.07, 6.45) is 3.47. The lowest BCUT2D eigenvalue weighted by Crippen LogP contribution is -2.52. The largest absolute Gasteiger partial charge is 0.357 e. The molecule has 3 heterocycles. The molecule has 0 unspecified atom stereocenters. The Bertz CT molecular complexity index is 775. The number of benzene rings is 1. The number of fused-ring (bicyclic) bond motifs is 1. The lowest BCUT2D eigenvalue weighted by Gasteiger charge is -2.36. The third-order valence-corrected chi connectivity index (χ3v) is 5.56. The lowest BCUT2D eigenvalue weighted by atomic mass is 10.2. The fraction of sp³-hybridized carbons (Fsp3) is 0.571. The smallest absolute Gasteiger partial charge is 0.194 e. The summed E-state index contributed by atoms with van der Waals surface area (Å²) in [5.41, 5.74) is 1.38. The lowest BCUT2D eigenvalue weighted by molar-refractivity contribution is 0.172. The summed E-state index contributed by atoms with van der Waals surface area (Å²) in [4.78, 5) is 9.78. The monoisotopic (exact) mass is 381 g/mol. The Balaban J connectivity index is 1.36. The number of aliphatic imine (C=N–C) groups is 1. The first-order valence-electron chi connectivity index (χ1n) is 10.5. The molecule has 2 aliphatic rings. The number of rotatable bonds is 5. The van der Waals surface area contributed by atoms with Gasteiger partial charge in [-0.15, -0.1) is 10.2 Å². The van der Waals surface area contributed by atoms with Crippen LogP contribution in [-0.4, -0.2) is 63.2 Å². The van der Waals surface area contributed by atoms with Crippen LogP contribution in [0.3, 0.4) is 0 Å².